The molecule has 3 heteroatoms. The van der Waals surface area contributed by atoms with Crippen molar-refractivity contribution in [1.82, 2.24) is 0 Å². The number of aliphatic carboxylic acids is 1. The molecule has 1 aliphatic rings. The molecule has 1 saturated carbocycles. The molecule has 1 aromatic rings. The Hall–Kier alpha value is -1.64. The van der Waals surface area contributed by atoms with Crippen LogP contribution in [0.1, 0.15) is 37.2 Å². The fourth-order valence-corrected chi connectivity index (χ4v) is 2.65. The van der Waals surface area contributed by atoms with Crippen LogP contribution in [0.15, 0.2) is 30.3 Å². The maximum absolute atomic E-state index is 11.8. The first-order chi connectivity index (χ1) is 8.18. The first-order valence-electron chi connectivity index (χ1n) is 5.98. The first kappa shape index (κ1) is 11.8. The predicted molar refractivity (Wildman–Crippen MR) is 63.8 cm³/mol. The van der Waals surface area contributed by atoms with Crippen LogP contribution in [0, 0.1) is 5.92 Å². The second-order valence-corrected chi connectivity index (χ2v) is 4.58. The van der Waals surface area contributed by atoms with Gasteiger partial charge in [0, 0.05) is 18.3 Å². The van der Waals surface area contributed by atoms with Crippen LogP contribution in [0.25, 0.3) is 0 Å². The van der Waals surface area contributed by atoms with E-state index in [1.807, 2.05) is 30.3 Å². The van der Waals surface area contributed by atoms with Crippen LogP contribution >= 0.6 is 0 Å². The predicted octanol–water partition coefficient (Wildman–Crippen LogP) is 2.61. The Morgan fingerprint density at radius 1 is 1.35 bits per heavy atom. The van der Waals surface area contributed by atoms with E-state index in [0.29, 0.717) is 6.42 Å². The maximum atomic E-state index is 11.8. The Balaban J connectivity index is 2.25. The van der Waals surface area contributed by atoms with Crippen molar-refractivity contribution in [3.8, 4) is 0 Å². The van der Waals surface area contributed by atoms with Crippen LogP contribution in [0.3, 0.4) is 0 Å². The molecule has 0 heterocycles. The molecule has 2 unspecified atom stereocenters. The summed E-state index contributed by atoms with van der Waals surface area (Å²) in [5.41, 5.74) is 0.968. The number of hydrogen-bond acceptors (Lipinski definition) is 2. The van der Waals surface area contributed by atoms with E-state index < -0.39 is 5.97 Å². The zero-order chi connectivity index (χ0) is 12.3. The Labute approximate surface area is 100 Å². The summed E-state index contributed by atoms with van der Waals surface area (Å²) in [5, 5.41) is 8.98. The lowest BCUT2D eigenvalue weighted by Gasteiger charge is -2.21. The number of carboxylic acids is 1. The van der Waals surface area contributed by atoms with Gasteiger partial charge in [-0.1, -0.05) is 30.3 Å². The highest BCUT2D eigenvalue weighted by Crippen LogP contribution is 2.37. The molecular formula is C14H16O3. The molecule has 17 heavy (non-hydrogen) atoms. The molecule has 0 aromatic heterocycles. The molecule has 2 rings (SSSR count). The average Bonchev–Trinajstić information content (AvgIpc) is 2.73. The van der Waals surface area contributed by atoms with Crippen LogP contribution in [0.5, 0.6) is 0 Å². The van der Waals surface area contributed by atoms with E-state index in [0.717, 1.165) is 18.4 Å². The molecule has 0 aliphatic heterocycles. The van der Waals surface area contributed by atoms with Crippen molar-refractivity contribution in [3.63, 3.8) is 0 Å². The monoisotopic (exact) mass is 232 g/mol. The van der Waals surface area contributed by atoms with Crippen molar-refractivity contribution < 1.29 is 14.7 Å². The van der Waals surface area contributed by atoms with Crippen LogP contribution in [-0.2, 0) is 9.59 Å². The van der Waals surface area contributed by atoms with Crippen molar-refractivity contribution >= 4 is 11.8 Å². The molecule has 0 saturated heterocycles. The molecule has 1 N–H and O–H groups in total. The summed E-state index contributed by atoms with van der Waals surface area (Å²) in [4.78, 5) is 22.7. The van der Waals surface area contributed by atoms with Crippen LogP contribution < -0.4 is 0 Å². The molecule has 1 aliphatic carbocycles. The van der Waals surface area contributed by atoms with E-state index >= 15 is 0 Å². The summed E-state index contributed by atoms with van der Waals surface area (Å²) in [6, 6.07) is 9.52. The van der Waals surface area contributed by atoms with Crippen LogP contribution in [0.4, 0.5) is 0 Å². The van der Waals surface area contributed by atoms with Gasteiger partial charge in [-0.2, -0.15) is 0 Å². The summed E-state index contributed by atoms with van der Waals surface area (Å²) >= 11 is 0. The Kier molecular flexibility index (Phi) is 3.57. The molecule has 1 fully saturated rings. The van der Waals surface area contributed by atoms with E-state index in [2.05, 4.69) is 0 Å². The standard InChI is InChI=1S/C14H16O3/c15-13-8-4-7-11(13)12(9-14(16)17)10-5-2-1-3-6-10/h1-3,5-6,11-12H,4,7-9H2,(H,16,17). The van der Waals surface area contributed by atoms with Gasteiger partial charge in [-0.15, -0.1) is 0 Å². The number of ketones is 1. The molecule has 0 spiro atoms. The fraction of sp³-hybridized carbons (Fsp3) is 0.429. The number of benzene rings is 1. The van der Waals surface area contributed by atoms with Gasteiger partial charge in [0.15, 0.2) is 0 Å². The normalized spacial score (nSPS) is 21.4. The minimum absolute atomic E-state index is 0.0421. The summed E-state index contributed by atoms with van der Waals surface area (Å²) in [6.07, 6.45) is 2.37. The van der Waals surface area contributed by atoms with Gasteiger partial charge in [0.1, 0.15) is 5.78 Å². The van der Waals surface area contributed by atoms with E-state index in [-0.39, 0.29) is 24.0 Å². The van der Waals surface area contributed by atoms with Crippen molar-refractivity contribution in [1.29, 1.82) is 0 Å². The van der Waals surface area contributed by atoms with Crippen molar-refractivity contribution in [2.75, 3.05) is 0 Å². The number of carbonyl (C=O) groups is 2. The van der Waals surface area contributed by atoms with Gasteiger partial charge in [0.2, 0.25) is 0 Å². The van der Waals surface area contributed by atoms with E-state index in [9.17, 15) is 9.59 Å². The molecule has 1 aromatic carbocycles. The van der Waals surface area contributed by atoms with Crippen molar-refractivity contribution in [2.45, 2.75) is 31.6 Å². The van der Waals surface area contributed by atoms with E-state index in [4.69, 9.17) is 5.11 Å². The zero-order valence-corrected chi connectivity index (χ0v) is 9.63. The summed E-state index contributed by atoms with van der Waals surface area (Å²) < 4.78 is 0. The second kappa shape index (κ2) is 5.13. The molecule has 0 amide bonds. The maximum Gasteiger partial charge on any atom is 0.303 e. The number of Topliss-reactive ketones (excluding diaryl/α,β-unsaturated/α-hetero) is 1. The molecule has 0 bridgehead atoms. The lowest BCUT2D eigenvalue weighted by Crippen LogP contribution is -2.20. The van der Waals surface area contributed by atoms with Gasteiger partial charge in [0.05, 0.1) is 6.42 Å². The lowest BCUT2D eigenvalue weighted by atomic mass is 9.82. The quantitative estimate of drug-likeness (QED) is 0.868. The SMILES string of the molecule is O=C(O)CC(c1ccccc1)C1CCCC1=O. The lowest BCUT2D eigenvalue weighted by molar-refractivity contribution is -0.137. The van der Waals surface area contributed by atoms with Gasteiger partial charge in [-0.25, -0.2) is 0 Å². The topological polar surface area (TPSA) is 54.4 Å². The van der Waals surface area contributed by atoms with Crippen LogP contribution in [-0.4, -0.2) is 16.9 Å². The van der Waals surface area contributed by atoms with Crippen LogP contribution in [0.2, 0.25) is 0 Å². The second-order valence-electron chi connectivity index (χ2n) is 4.58. The summed E-state index contributed by atoms with van der Waals surface area (Å²) in [5.74, 6) is -0.879. The minimum atomic E-state index is -0.835. The largest absolute Gasteiger partial charge is 0.481 e. The van der Waals surface area contributed by atoms with Crippen molar-refractivity contribution in [3.05, 3.63) is 35.9 Å². The van der Waals surface area contributed by atoms with E-state index in [1.165, 1.54) is 0 Å². The third-order valence-electron chi connectivity index (χ3n) is 3.46. The smallest absolute Gasteiger partial charge is 0.303 e. The number of hydrogen-bond donors (Lipinski definition) is 1. The number of carbonyl (C=O) groups excluding carboxylic acids is 1. The Bertz CT molecular complexity index is 411. The number of carboxylic acid groups (broad SMARTS) is 1. The highest BCUT2D eigenvalue weighted by molar-refractivity contribution is 5.84. The third-order valence-corrected chi connectivity index (χ3v) is 3.46. The van der Waals surface area contributed by atoms with Crippen molar-refractivity contribution in [2.24, 2.45) is 5.92 Å². The van der Waals surface area contributed by atoms with Gasteiger partial charge < -0.3 is 5.11 Å². The fourth-order valence-electron chi connectivity index (χ4n) is 2.65. The Morgan fingerprint density at radius 2 is 2.06 bits per heavy atom. The first-order valence-corrected chi connectivity index (χ1v) is 5.98. The highest BCUT2D eigenvalue weighted by Gasteiger charge is 2.34. The van der Waals surface area contributed by atoms with Gasteiger partial charge in [-0.05, 0) is 18.4 Å². The minimum Gasteiger partial charge on any atom is -0.481 e. The zero-order valence-electron chi connectivity index (χ0n) is 9.63. The molecule has 0 radical (unpaired) electrons. The average molecular weight is 232 g/mol. The summed E-state index contributed by atoms with van der Waals surface area (Å²) in [6.45, 7) is 0. The van der Waals surface area contributed by atoms with E-state index in [1.54, 1.807) is 0 Å². The third kappa shape index (κ3) is 2.73. The molecule has 90 valence electrons. The molecular weight excluding hydrogens is 216 g/mol. The number of rotatable bonds is 4. The molecule has 3 nitrogen and oxygen atoms in total. The van der Waals surface area contributed by atoms with Gasteiger partial charge in [-0.3, -0.25) is 9.59 Å². The summed E-state index contributed by atoms with van der Waals surface area (Å²) in [7, 11) is 0. The highest BCUT2D eigenvalue weighted by atomic mass is 16.4. The molecule has 2 atom stereocenters. The van der Waals surface area contributed by atoms with Gasteiger partial charge in [0.25, 0.3) is 0 Å². The Morgan fingerprint density at radius 3 is 2.59 bits per heavy atom. The van der Waals surface area contributed by atoms with Gasteiger partial charge >= 0.3 is 5.97 Å².